The molecule has 1 unspecified atom stereocenters. The fourth-order valence-electron chi connectivity index (χ4n) is 2.53. The molecule has 1 saturated carbocycles. The lowest BCUT2D eigenvalue weighted by molar-refractivity contribution is 0.418. The van der Waals surface area contributed by atoms with Crippen LogP contribution in [-0.2, 0) is 6.42 Å². The average Bonchev–Trinajstić information content (AvgIpc) is 3.16. The van der Waals surface area contributed by atoms with Gasteiger partial charge in [0.25, 0.3) is 5.89 Å². The van der Waals surface area contributed by atoms with E-state index in [0.29, 0.717) is 23.7 Å². The zero-order valence-corrected chi connectivity index (χ0v) is 13.8. The maximum Gasteiger partial charge on any atom is 0.257 e. The summed E-state index contributed by atoms with van der Waals surface area (Å²) in [5.41, 5.74) is 1.87. The number of H-pyrrole nitrogens is 1. The van der Waals surface area contributed by atoms with Crippen LogP contribution >= 0.6 is 0 Å². The molecule has 2 aromatic heterocycles. The number of hydrogen-bond donors (Lipinski definition) is 2. The number of likely N-dealkylation sites (N-methyl/N-ethyl adjacent to an activating group) is 1. The molecule has 124 valence electrons. The minimum atomic E-state index is 0.309. The number of nitrogens with zero attached hydrogens (tertiary/aromatic N) is 4. The number of hydrogen-bond acceptors (Lipinski definition) is 6. The van der Waals surface area contributed by atoms with Gasteiger partial charge in [0.05, 0.1) is 0 Å². The predicted octanol–water partition coefficient (Wildman–Crippen LogP) is 2.55. The highest BCUT2D eigenvalue weighted by Crippen LogP contribution is 2.38. The van der Waals surface area contributed by atoms with Crippen LogP contribution in [0.3, 0.4) is 0 Å². The average molecular weight is 324 g/mol. The summed E-state index contributed by atoms with van der Waals surface area (Å²) in [4.78, 5) is 9.02. The normalized spacial score (nSPS) is 15.6. The molecule has 0 amide bonds. The molecule has 1 fully saturated rings. The van der Waals surface area contributed by atoms with Crippen LogP contribution in [0.25, 0.3) is 22.8 Å². The van der Waals surface area contributed by atoms with Crippen LogP contribution in [0.4, 0.5) is 0 Å². The number of benzene rings is 1. The first kappa shape index (κ1) is 15.0. The van der Waals surface area contributed by atoms with Crippen molar-refractivity contribution in [1.29, 1.82) is 0 Å². The van der Waals surface area contributed by atoms with E-state index in [2.05, 4.69) is 37.6 Å². The largest absolute Gasteiger partial charge is 0.334 e. The minimum absolute atomic E-state index is 0.309. The Morgan fingerprint density at radius 1 is 1.21 bits per heavy atom. The number of nitrogens with one attached hydrogen (secondary N) is 2. The second-order valence-corrected chi connectivity index (χ2v) is 6.31. The molecule has 24 heavy (non-hydrogen) atoms. The van der Waals surface area contributed by atoms with E-state index in [1.54, 1.807) is 0 Å². The van der Waals surface area contributed by atoms with E-state index in [9.17, 15) is 0 Å². The highest BCUT2D eigenvalue weighted by molar-refractivity contribution is 5.62. The molecule has 4 rings (SSSR count). The van der Waals surface area contributed by atoms with E-state index in [4.69, 9.17) is 4.52 Å². The molecule has 1 aliphatic carbocycles. The Labute approximate surface area is 139 Å². The summed E-state index contributed by atoms with van der Waals surface area (Å²) in [7, 11) is 1.92. The smallest absolute Gasteiger partial charge is 0.257 e. The van der Waals surface area contributed by atoms with E-state index in [1.165, 1.54) is 12.8 Å². The van der Waals surface area contributed by atoms with Gasteiger partial charge in [-0.1, -0.05) is 17.3 Å². The molecule has 0 saturated heterocycles. The van der Waals surface area contributed by atoms with Crippen molar-refractivity contribution in [2.24, 2.45) is 0 Å². The van der Waals surface area contributed by atoms with Gasteiger partial charge < -0.3 is 9.84 Å². The summed E-state index contributed by atoms with van der Waals surface area (Å²) in [5.74, 6) is 3.54. The highest BCUT2D eigenvalue weighted by atomic mass is 16.5. The molecule has 0 radical (unpaired) electrons. The molecule has 1 aromatic carbocycles. The van der Waals surface area contributed by atoms with Gasteiger partial charge in [-0.15, -0.1) is 0 Å². The van der Waals surface area contributed by atoms with Gasteiger partial charge in [0, 0.05) is 29.5 Å². The van der Waals surface area contributed by atoms with E-state index in [-0.39, 0.29) is 0 Å². The minimum Gasteiger partial charge on any atom is -0.334 e. The summed E-state index contributed by atoms with van der Waals surface area (Å²) >= 11 is 0. The van der Waals surface area contributed by atoms with Gasteiger partial charge in [-0.3, -0.25) is 5.10 Å². The molecule has 1 atom stereocenters. The van der Waals surface area contributed by atoms with Gasteiger partial charge in [-0.25, -0.2) is 4.98 Å². The van der Waals surface area contributed by atoms with Crippen LogP contribution in [0.1, 0.15) is 37.3 Å². The number of aromatic nitrogens is 5. The van der Waals surface area contributed by atoms with E-state index in [1.807, 2.05) is 31.3 Å². The molecular formula is C17H20N6O. The Morgan fingerprint density at radius 3 is 2.67 bits per heavy atom. The predicted molar refractivity (Wildman–Crippen MR) is 89.3 cm³/mol. The molecule has 7 heteroatoms. The SMILES string of the molecule is CNC(C)Cc1noc(-c2ccc(-c3n[nH]c(C4CC4)n3)cc2)n1. The van der Waals surface area contributed by atoms with Crippen LogP contribution < -0.4 is 5.32 Å². The zero-order chi connectivity index (χ0) is 16.5. The summed E-state index contributed by atoms with van der Waals surface area (Å²) in [5, 5.41) is 14.5. The van der Waals surface area contributed by atoms with Crippen molar-refractivity contribution in [3.63, 3.8) is 0 Å². The standard InChI is InChI=1S/C17H20N6O/c1-10(18-2)9-14-19-17(24-23-14)13-7-5-12(6-8-13)16-20-15(21-22-16)11-3-4-11/h5-8,10-11,18H,3-4,9H2,1-2H3,(H,20,21,22). The van der Waals surface area contributed by atoms with E-state index >= 15 is 0 Å². The summed E-state index contributed by atoms with van der Waals surface area (Å²) in [6.07, 6.45) is 3.15. The molecule has 2 heterocycles. The Balaban J connectivity index is 1.50. The van der Waals surface area contributed by atoms with Crippen molar-refractivity contribution in [3.05, 3.63) is 35.9 Å². The summed E-state index contributed by atoms with van der Waals surface area (Å²) < 4.78 is 5.36. The van der Waals surface area contributed by atoms with Gasteiger partial charge in [-0.2, -0.15) is 10.1 Å². The summed E-state index contributed by atoms with van der Waals surface area (Å²) in [6.45, 7) is 2.08. The van der Waals surface area contributed by atoms with Crippen molar-refractivity contribution >= 4 is 0 Å². The first-order valence-corrected chi connectivity index (χ1v) is 8.26. The lowest BCUT2D eigenvalue weighted by Gasteiger charge is -2.04. The van der Waals surface area contributed by atoms with Gasteiger partial charge in [-0.05, 0) is 38.9 Å². The monoisotopic (exact) mass is 324 g/mol. The van der Waals surface area contributed by atoms with Crippen LogP contribution in [0.15, 0.2) is 28.8 Å². The fraction of sp³-hybridized carbons (Fsp3) is 0.412. The van der Waals surface area contributed by atoms with E-state index in [0.717, 1.165) is 29.2 Å². The first-order valence-electron chi connectivity index (χ1n) is 8.26. The first-order chi connectivity index (χ1) is 11.7. The topological polar surface area (TPSA) is 92.5 Å². The zero-order valence-electron chi connectivity index (χ0n) is 13.8. The fourth-order valence-corrected chi connectivity index (χ4v) is 2.53. The maximum absolute atomic E-state index is 5.36. The second kappa shape index (κ2) is 6.16. The van der Waals surface area contributed by atoms with Gasteiger partial charge in [0.2, 0.25) is 0 Å². The van der Waals surface area contributed by atoms with Crippen LogP contribution in [-0.4, -0.2) is 38.4 Å². The Hall–Kier alpha value is -2.54. The molecule has 3 aromatic rings. The lowest BCUT2D eigenvalue weighted by Crippen LogP contribution is -2.24. The maximum atomic E-state index is 5.36. The Bertz CT molecular complexity index is 818. The molecule has 0 spiro atoms. The number of rotatable bonds is 6. The van der Waals surface area contributed by atoms with Crippen molar-refractivity contribution in [3.8, 4) is 22.8 Å². The summed E-state index contributed by atoms with van der Waals surface area (Å²) in [6, 6.07) is 8.19. The van der Waals surface area contributed by atoms with Crippen molar-refractivity contribution in [2.45, 2.75) is 38.1 Å². The lowest BCUT2D eigenvalue weighted by atomic mass is 10.1. The van der Waals surface area contributed by atoms with Crippen LogP contribution in [0, 0.1) is 0 Å². The molecule has 0 aliphatic heterocycles. The van der Waals surface area contributed by atoms with Crippen molar-refractivity contribution in [1.82, 2.24) is 30.6 Å². The Kier molecular flexibility index (Phi) is 3.86. The third kappa shape index (κ3) is 3.07. The van der Waals surface area contributed by atoms with Crippen LogP contribution in [0.5, 0.6) is 0 Å². The van der Waals surface area contributed by atoms with Crippen molar-refractivity contribution < 1.29 is 4.52 Å². The molecule has 1 aliphatic rings. The Morgan fingerprint density at radius 2 is 1.96 bits per heavy atom. The molecule has 0 bridgehead atoms. The number of aromatic amines is 1. The highest BCUT2D eigenvalue weighted by Gasteiger charge is 2.27. The van der Waals surface area contributed by atoms with Crippen LogP contribution in [0.2, 0.25) is 0 Å². The van der Waals surface area contributed by atoms with Gasteiger partial charge >= 0.3 is 0 Å². The molecule has 2 N–H and O–H groups in total. The third-order valence-electron chi connectivity index (χ3n) is 4.31. The molecular weight excluding hydrogens is 304 g/mol. The molecule has 7 nitrogen and oxygen atoms in total. The van der Waals surface area contributed by atoms with Gasteiger partial charge in [0.1, 0.15) is 5.82 Å². The van der Waals surface area contributed by atoms with E-state index < -0.39 is 0 Å². The van der Waals surface area contributed by atoms with Crippen molar-refractivity contribution in [2.75, 3.05) is 7.05 Å². The quantitative estimate of drug-likeness (QED) is 0.724. The van der Waals surface area contributed by atoms with Gasteiger partial charge in [0.15, 0.2) is 11.6 Å². The third-order valence-corrected chi connectivity index (χ3v) is 4.31. The second-order valence-electron chi connectivity index (χ2n) is 6.31.